The first-order valence-corrected chi connectivity index (χ1v) is 7.42. The topological polar surface area (TPSA) is 15.3 Å². The Balaban J connectivity index is 1.58. The van der Waals surface area contributed by atoms with Gasteiger partial charge in [0.25, 0.3) is 0 Å². The van der Waals surface area contributed by atoms with Gasteiger partial charge in [0.1, 0.15) is 0 Å². The molecule has 0 fully saturated rings. The fraction of sp³-hybridized carbons (Fsp3) is 0.333. The maximum atomic E-state index is 3.52. The molecule has 0 amide bonds. The lowest BCUT2D eigenvalue weighted by molar-refractivity contribution is 0.198. The Bertz CT molecular complexity index is 550. The Morgan fingerprint density at radius 3 is 2.50 bits per heavy atom. The van der Waals surface area contributed by atoms with Gasteiger partial charge >= 0.3 is 0 Å². The van der Waals surface area contributed by atoms with Gasteiger partial charge in [-0.15, -0.1) is 0 Å². The minimum atomic E-state index is 0.545. The van der Waals surface area contributed by atoms with Crippen LogP contribution in [0.5, 0.6) is 0 Å². The summed E-state index contributed by atoms with van der Waals surface area (Å²) in [4.78, 5) is 2.57. The van der Waals surface area contributed by atoms with Gasteiger partial charge in [0, 0.05) is 31.4 Å². The molecule has 0 aliphatic carbocycles. The monoisotopic (exact) mass is 266 g/mol. The van der Waals surface area contributed by atoms with Crippen LogP contribution in [0.4, 0.5) is 5.69 Å². The van der Waals surface area contributed by atoms with Crippen LogP contribution >= 0.6 is 0 Å². The molecule has 3 rings (SSSR count). The highest BCUT2D eigenvalue weighted by atomic mass is 15.2. The zero-order valence-corrected chi connectivity index (χ0v) is 12.0. The van der Waals surface area contributed by atoms with Crippen LogP contribution < -0.4 is 5.32 Å². The summed E-state index contributed by atoms with van der Waals surface area (Å²) in [5, 5.41) is 3.52. The van der Waals surface area contributed by atoms with E-state index in [1.165, 1.54) is 23.2 Å². The molecular weight excluding hydrogens is 244 g/mol. The predicted octanol–water partition coefficient (Wildman–Crippen LogP) is 3.55. The van der Waals surface area contributed by atoms with Crippen LogP contribution in [0, 0.1) is 0 Å². The number of para-hydroxylation sites is 1. The summed E-state index contributed by atoms with van der Waals surface area (Å²) in [6.07, 6.45) is 1.17. The van der Waals surface area contributed by atoms with E-state index in [0.717, 1.165) is 19.6 Å². The smallest absolute Gasteiger partial charge is 0.0340 e. The average Bonchev–Trinajstić information content (AvgIpc) is 2.53. The van der Waals surface area contributed by atoms with Crippen molar-refractivity contribution >= 4 is 5.69 Å². The van der Waals surface area contributed by atoms with Gasteiger partial charge in [-0.25, -0.2) is 0 Å². The van der Waals surface area contributed by atoms with E-state index in [1.54, 1.807) is 0 Å². The summed E-state index contributed by atoms with van der Waals surface area (Å²) in [6.45, 7) is 5.54. The Morgan fingerprint density at radius 1 is 1.00 bits per heavy atom. The van der Waals surface area contributed by atoms with Crippen molar-refractivity contribution in [3.05, 3.63) is 65.7 Å². The van der Waals surface area contributed by atoms with Crippen molar-refractivity contribution in [2.24, 2.45) is 0 Å². The molecule has 1 heterocycles. The zero-order chi connectivity index (χ0) is 13.8. The first-order chi connectivity index (χ1) is 9.83. The van der Waals surface area contributed by atoms with Crippen molar-refractivity contribution in [3.63, 3.8) is 0 Å². The van der Waals surface area contributed by atoms with Gasteiger partial charge in [0.2, 0.25) is 0 Å². The molecule has 0 spiro atoms. The highest BCUT2D eigenvalue weighted by molar-refractivity contribution is 5.42. The van der Waals surface area contributed by atoms with E-state index in [1.807, 2.05) is 0 Å². The fourth-order valence-corrected chi connectivity index (χ4v) is 2.84. The quantitative estimate of drug-likeness (QED) is 0.910. The second-order valence-corrected chi connectivity index (χ2v) is 5.59. The van der Waals surface area contributed by atoms with Crippen LogP contribution in [0.1, 0.15) is 18.1 Å². The number of fused-ring (bicyclic) bond motifs is 1. The van der Waals surface area contributed by atoms with Crippen LogP contribution in [0.3, 0.4) is 0 Å². The number of rotatable bonds is 4. The summed E-state index contributed by atoms with van der Waals surface area (Å²) in [5.41, 5.74) is 4.22. The van der Waals surface area contributed by atoms with E-state index < -0.39 is 0 Å². The highest BCUT2D eigenvalue weighted by Gasteiger charge is 2.19. The van der Waals surface area contributed by atoms with Gasteiger partial charge in [-0.2, -0.15) is 0 Å². The third-order valence-corrected chi connectivity index (χ3v) is 4.16. The Kier molecular flexibility index (Phi) is 4.03. The molecule has 1 aliphatic heterocycles. The lowest BCUT2D eigenvalue weighted by Gasteiger charge is -2.34. The highest BCUT2D eigenvalue weighted by Crippen LogP contribution is 2.20. The molecule has 1 aliphatic rings. The summed E-state index contributed by atoms with van der Waals surface area (Å²) < 4.78 is 0. The standard InChI is InChI=1S/C18H22N2/c1-15(13-19-18-9-3-2-4-10-18)20-12-11-16-7-5-6-8-17(16)14-20/h2-10,15,19H,11-14H2,1H3. The molecule has 0 radical (unpaired) electrons. The molecule has 1 unspecified atom stereocenters. The fourth-order valence-electron chi connectivity index (χ4n) is 2.84. The summed E-state index contributed by atoms with van der Waals surface area (Å²) in [6, 6.07) is 19.8. The minimum absolute atomic E-state index is 0.545. The van der Waals surface area contributed by atoms with E-state index >= 15 is 0 Å². The summed E-state index contributed by atoms with van der Waals surface area (Å²) >= 11 is 0. The zero-order valence-electron chi connectivity index (χ0n) is 12.0. The molecule has 2 aromatic rings. The number of benzene rings is 2. The SMILES string of the molecule is CC(CNc1ccccc1)N1CCc2ccccc2C1. The van der Waals surface area contributed by atoms with Crippen molar-refractivity contribution in [2.45, 2.75) is 25.9 Å². The molecule has 0 saturated heterocycles. The van der Waals surface area contributed by atoms with E-state index in [-0.39, 0.29) is 0 Å². The number of hydrogen-bond acceptors (Lipinski definition) is 2. The first kappa shape index (κ1) is 13.2. The number of nitrogens with one attached hydrogen (secondary N) is 1. The Morgan fingerprint density at radius 2 is 1.70 bits per heavy atom. The van der Waals surface area contributed by atoms with Gasteiger partial charge < -0.3 is 5.32 Å². The van der Waals surface area contributed by atoms with Gasteiger partial charge in [0.05, 0.1) is 0 Å². The first-order valence-electron chi connectivity index (χ1n) is 7.42. The third-order valence-electron chi connectivity index (χ3n) is 4.16. The van der Waals surface area contributed by atoms with E-state index in [9.17, 15) is 0 Å². The number of anilines is 1. The summed E-state index contributed by atoms with van der Waals surface area (Å²) in [5.74, 6) is 0. The molecule has 1 atom stereocenters. The van der Waals surface area contributed by atoms with Crippen LogP contribution in [-0.2, 0) is 13.0 Å². The van der Waals surface area contributed by atoms with Crippen LogP contribution in [-0.4, -0.2) is 24.0 Å². The molecule has 104 valence electrons. The van der Waals surface area contributed by atoms with Crippen LogP contribution in [0.25, 0.3) is 0 Å². The lowest BCUT2D eigenvalue weighted by atomic mass is 9.99. The van der Waals surface area contributed by atoms with Gasteiger partial charge in [0.15, 0.2) is 0 Å². The van der Waals surface area contributed by atoms with Crippen molar-refractivity contribution in [3.8, 4) is 0 Å². The maximum Gasteiger partial charge on any atom is 0.0340 e. The normalized spacial score (nSPS) is 16.4. The average molecular weight is 266 g/mol. The number of nitrogens with zero attached hydrogens (tertiary/aromatic N) is 1. The molecular formula is C18H22N2. The van der Waals surface area contributed by atoms with E-state index in [4.69, 9.17) is 0 Å². The van der Waals surface area contributed by atoms with Crippen molar-refractivity contribution in [1.82, 2.24) is 4.90 Å². The van der Waals surface area contributed by atoms with Crippen molar-refractivity contribution in [2.75, 3.05) is 18.4 Å². The molecule has 1 N–H and O–H groups in total. The van der Waals surface area contributed by atoms with Crippen molar-refractivity contribution in [1.29, 1.82) is 0 Å². The lowest BCUT2D eigenvalue weighted by Crippen LogP contribution is -2.41. The molecule has 0 saturated carbocycles. The second-order valence-electron chi connectivity index (χ2n) is 5.59. The maximum absolute atomic E-state index is 3.52. The van der Waals surface area contributed by atoms with E-state index in [0.29, 0.717) is 6.04 Å². The van der Waals surface area contributed by atoms with Crippen molar-refractivity contribution < 1.29 is 0 Å². The number of hydrogen-bond donors (Lipinski definition) is 1. The van der Waals surface area contributed by atoms with Crippen LogP contribution in [0.15, 0.2) is 54.6 Å². The minimum Gasteiger partial charge on any atom is -0.383 e. The van der Waals surface area contributed by atoms with Gasteiger partial charge in [-0.1, -0.05) is 42.5 Å². The molecule has 0 bridgehead atoms. The molecule has 2 heteroatoms. The Hall–Kier alpha value is -1.80. The molecule has 0 aromatic heterocycles. The van der Waals surface area contributed by atoms with Gasteiger partial charge in [-0.05, 0) is 36.6 Å². The third kappa shape index (κ3) is 3.02. The predicted molar refractivity (Wildman–Crippen MR) is 84.9 cm³/mol. The van der Waals surface area contributed by atoms with E-state index in [2.05, 4.69) is 71.7 Å². The molecule has 20 heavy (non-hydrogen) atoms. The second kappa shape index (κ2) is 6.10. The molecule has 2 nitrogen and oxygen atoms in total. The largest absolute Gasteiger partial charge is 0.383 e. The molecule has 2 aromatic carbocycles. The Labute approximate surface area is 121 Å². The van der Waals surface area contributed by atoms with Gasteiger partial charge in [-0.3, -0.25) is 4.90 Å². The summed E-state index contributed by atoms with van der Waals surface area (Å²) in [7, 11) is 0. The van der Waals surface area contributed by atoms with Crippen LogP contribution in [0.2, 0.25) is 0 Å².